The Balaban J connectivity index is 1.63. The summed E-state index contributed by atoms with van der Waals surface area (Å²) in [6.07, 6.45) is 3.17. The van der Waals surface area contributed by atoms with Crippen molar-refractivity contribution in [1.29, 1.82) is 0 Å². The number of anilines is 1. The van der Waals surface area contributed by atoms with E-state index >= 15 is 0 Å². The standard InChI is InChI=1S/C17H17N3O/c1-20-12-14-11-15(8-9-16(14)19-20)18-17(21)10-7-13-5-3-2-4-6-13/h2-6,8-9,11-12H,7,10H2,1H3,(H,18,21). The Morgan fingerprint density at radius 1 is 1.19 bits per heavy atom. The highest BCUT2D eigenvalue weighted by Gasteiger charge is 2.05. The zero-order valence-corrected chi connectivity index (χ0v) is 11.9. The first-order valence-corrected chi connectivity index (χ1v) is 6.98. The first-order valence-electron chi connectivity index (χ1n) is 6.98. The van der Waals surface area contributed by atoms with Gasteiger partial charge in [0.05, 0.1) is 5.52 Å². The maximum atomic E-state index is 12.0. The van der Waals surface area contributed by atoms with Crippen molar-refractivity contribution in [2.75, 3.05) is 5.32 Å². The van der Waals surface area contributed by atoms with Gasteiger partial charge in [0.1, 0.15) is 0 Å². The quantitative estimate of drug-likeness (QED) is 0.797. The summed E-state index contributed by atoms with van der Waals surface area (Å²) < 4.78 is 1.77. The lowest BCUT2D eigenvalue weighted by molar-refractivity contribution is -0.116. The number of fused-ring (bicyclic) bond motifs is 1. The fraction of sp³-hybridized carbons (Fsp3) is 0.176. The molecule has 106 valence electrons. The van der Waals surface area contributed by atoms with Gasteiger partial charge in [0.15, 0.2) is 0 Å². The van der Waals surface area contributed by atoms with Crippen LogP contribution in [-0.2, 0) is 18.3 Å². The molecule has 0 radical (unpaired) electrons. The van der Waals surface area contributed by atoms with Crippen molar-refractivity contribution in [3.8, 4) is 0 Å². The van der Waals surface area contributed by atoms with Crippen LogP contribution < -0.4 is 5.32 Å². The Kier molecular flexibility index (Phi) is 3.69. The molecule has 0 bridgehead atoms. The van der Waals surface area contributed by atoms with Gasteiger partial charge in [0.25, 0.3) is 0 Å². The molecule has 0 saturated heterocycles. The molecule has 0 unspecified atom stereocenters. The van der Waals surface area contributed by atoms with Gasteiger partial charge in [-0.1, -0.05) is 30.3 Å². The van der Waals surface area contributed by atoms with E-state index in [-0.39, 0.29) is 5.91 Å². The number of nitrogens with one attached hydrogen (secondary N) is 1. The van der Waals surface area contributed by atoms with Crippen molar-refractivity contribution in [2.24, 2.45) is 7.05 Å². The zero-order valence-electron chi connectivity index (χ0n) is 11.9. The molecule has 3 rings (SSSR count). The van der Waals surface area contributed by atoms with Gasteiger partial charge in [-0.2, -0.15) is 5.10 Å². The minimum Gasteiger partial charge on any atom is -0.326 e. The number of hydrogen-bond acceptors (Lipinski definition) is 2. The Labute approximate surface area is 123 Å². The summed E-state index contributed by atoms with van der Waals surface area (Å²) in [5.74, 6) is 0.0297. The second-order valence-electron chi connectivity index (χ2n) is 5.11. The molecule has 0 spiro atoms. The SMILES string of the molecule is Cn1cc2cc(NC(=O)CCc3ccccc3)ccc2n1. The number of aryl methyl sites for hydroxylation is 2. The molecule has 0 atom stereocenters. The van der Waals surface area contributed by atoms with E-state index in [2.05, 4.69) is 10.4 Å². The van der Waals surface area contributed by atoms with Crippen molar-refractivity contribution in [3.05, 3.63) is 60.3 Å². The number of carbonyl (C=O) groups is 1. The van der Waals surface area contributed by atoms with Gasteiger partial charge in [0.2, 0.25) is 5.91 Å². The van der Waals surface area contributed by atoms with E-state index < -0.39 is 0 Å². The maximum Gasteiger partial charge on any atom is 0.224 e. The van der Waals surface area contributed by atoms with Crippen LogP contribution in [0.4, 0.5) is 5.69 Å². The summed E-state index contributed by atoms with van der Waals surface area (Å²) in [5.41, 5.74) is 2.92. The lowest BCUT2D eigenvalue weighted by Crippen LogP contribution is -2.12. The second kappa shape index (κ2) is 5.79. The van der Waals surface area contributed by atoms with E-state index in [9.17, 15) is 4.79 Å². The Bertz CT molecular complexity index is 762. The summed E-state index contributed by atoms with van der Waals surface area (Å²) in [7, 11) is 1.89. The first-order chi connectivity index (χ1) is 10.2. The molecule has 4 heteroatoms. The van der Waals surface area contributed by atoms with Crippen LogP contribution in [-0.4, -0.2) is 15.7 Å². The van der Waals surface area contributed by atoms with E-state index in [0.29, 0.717) is 6.42 Å². The summed E-state index contributed by atoms with van der Waals surface area (Å²) in [6.45, 7) is 0. The molecule has 21 heavy (non-hydrogen) atoms. The van der Waals surface area contributed by atoms with Crippen LogP contribution in [0.25, 0.3) is 10.9 Å². The monoisotopic (exact) mass is 279 g/mol. The molecule has 2 aromatic carbocycles. The number of nitrogens with zero attached hydrogens (tertiary/aromatic N) is 2. The van der Waals surface area contributed by atoms with Crippen LogP contribution in [0.2, 0.25) is 0 Å². The topological polar surface area (TPSA) is 46.9 Å². The molecule has 1 amide bonds. The number of rotatable bonds is 4. The highest BCUT2D eigenvalue weighted by molar-refractivity contribution is 5.93. The average Bonchev–Trinajstić information content (AvgIpc) is 2.85. The molecule has 0 aliphatic carbocycles. The summed E-state index contributed by atoms with van der Waals surface area (Å²) in [5, 5.41) is 8.28. The lowest BCUT2D eigenvalue weighted by atomic mass is 10.1. The minimum atomic E-state index is 0.0297. The van der Waals surface area contributed by atoms with Gasteiger partial charge < -0.3 is 5.32 Å². The summed E-state index contributed by atoms with van der Waals surface area (Å²) in [4.78, 5) is 12.0. The maximum absolute atomic E-state index is 12.0. The molecular weight excluding hydrogens is 262 g/mol. The van der Waals surface area contributed by atoms with E-state index in [1.807, 2.05) is 61.8 Å². The first kappa shape index (κ1) is 13.4. The number of carbonyl (C=O) groups excluding carboxylic acids is 1. The summed E-state index contributed by atoms with van der Waals surface area (Å²) >= 11 is 0. The molecule has 4 nitrogen and oxygen atoms in total. The third-order valence-corrected chi connectivity index (χ3v) is 3.39. The second-order valence-corrected chi connectivity index (χ2v) is 5.11. The number of hydrogen-bond donors (Lipinski definition) is 1. The van der Waals surface area contributed by atoms with Crippen LogP contribution in [0, 0.1) is 0 Å². The molecule has 1 aromatic heterocycles. The molecule has 3 aromatic rings. The Hall–Kier alpha value is -2.62. The smallest absolute Gasteiger partial charge is 0.224 e. The van der Waals surface area contributed by atoms with Crippen molar-refractivity contribution < 1.29 is 4.79 Å². The van der Waals surface area contributed by atoms with E-state index in [4.69, 9.17) is 0 Å². The number of benzene rings is 2. The molecule has 0 fully saturated rings. The fourth-order valence-corrected chi connectivity index (χ4v) is 2.35. The minimum absolute atomic E-state index is 0.0297. The van der Waals surface area contributed by atoms with Crippen molar-refractivity contribution in [3.63, 3.8) is 0 Å². The van der Waals surface area contributed by atoms with Gasteiger partial charge in [0, 0.05) is 30.7 Å². The summed E-state index contributed by atoms with van der Waals surface area (Å²) in [6, 6.07) is 15.8. The van der Waals surface area contributed by atoms with Crippen molar-refractivity contribution in [1.82, 2.24) is 9.78 Å². The van der Waals surface area contributed by atoms with E-state index in [1.54, 1.807) is 4.68 Å². The third kappa shape index (κ3) is 3.28. The van der Waals surface area contributed by atoms with Gasteiger partial charge in [-0.15, -0.1) is 0 Å². The van der Waals surface area contributed by atoms with E-state index in [0.717, 1.165) is 23.0 Å². The molecule has 0 saturated carbocycles. The Morgan fingerprint density at radius 3 is 2.81 bits per heavy atom. The van der Waals surface area contributed by atoms with Gasteiger partial charge >= 0.3 is 0 Å². The molecule has 0 aliphatic rings. The lowest BCUT2D eigenvalue weighted by Gasteiger charge is -2.05. The van der Waals surface area contributed by atoms with Gasteiger partial charge in [-0.05, 0) is 30.2 Å². The number of amides is 1. The van der Waals surface area contributed by atoms with Crippen LogP contribution in [0.5, 0.6) is 0 Å². The molecular formula is C17H17N3O. The fourth-order valence-electron chi connectivity index (χ4n) is 2.35. The van der Waals surface area contributed by atoms with Gasteiger partial charge in [-0.3, -0.25) is 9.48 Å². The molecule has 1 N–H and O–H groups in total. The van der Waals surface area contributed by atoms with Crippen LogP contribution in [0.15, 0.2) is 54.7 Å². The van der Waals surface area contributed by atoms with Crippen LogP contribution in [0.3, 0.4) is 0 Å². The van der Waals surface area contributed by atoms with Crippen molar-refractivity contribution in [2.45, 2.75) is 12.8 Å². The largest absolute Gasteiger partial charge is 0.326 e. The van der Waals surface area contributed by atoms with Crippen molar-refractivity contribution >= 4 is 22.5 Å². The van der Waals surface area contributed by atoms with Crippen LogP contribution >= 0.6 is 0 Å². The predicted octanol–water partition coefficient (Wildman–Crippen LogP) is 3.14. The van der Waals surface area contributed by atoms with Crippen LogP contribution in [0.1, 0.15) is 12.0 Å². The zero-order chi connectivity index (χ0) is 14.7. The highest BCUT2D eigenvalue weighted by atomic mass is 16.1. The third-order valence-electron chi connectivity index (χ3n) is 3.39. The normalized spacial score (nSPS) is 10.7. The Morgan fingerprint density at radius 2 is 2.00 bits per heavy atom. The molecule has 0 aliphatic heterocycles. The molecule has 1 heterocycles. The average molecular weight is 279 g/mol. The van der Waals surface area contributed by atoms with Gasteiger partial charge in [-0.25, -0.2) is 0 Å². The van der Waals surface area contributed by atoms with E-state index in [1.165, 1.54) is 5.56 Å². The number of aromatic nitrogens is 2. The predicted molar refractivity (Wildman–Crippen MR) is 84.1 cm³/mol. The highest BCUT2D eigenvalue weighted by Crippen LogP contribution is 2.18.